The number of methoxy groups -OCH3 is 1. The Hall–Kier alpha value is -2.98. The van der Waals surface area contributed by atoms with E-state index in [0.717, 1.165) is 28.0 Å². The lowest BCUT2D eigenvalue weighted by Gasteiger charge is -2.15. The molecule has 1 N–H and O–H groups in total. The Morgan fingerprint density at radius 3 is 2.40 bits per heavy atom. The van der Waals surface area contributed by atoms with Gasteiger partial charge in [-0.2, -0.15) is 0 Å². The summed E-state index contributed by atoms with van der Waals surface area (Å²) in [5, 5.41) is 3.50. The minimum atomic E-state index is -0.221. The summed E-state index contributed by atoms with van der Waals surface area (Å²) in [4.78, 5) is 12.7. The number of carbonyl (C=O) groups is 1. The van der Waals surface area contributed by atoms with E-state index in [0.29, 0.717) is 28.6 Å². The molecule has 5 heteroatoms. The fourth-order valence-electron chi connectivity index (χ4n) is 3.21. The number of carbonyl (C=O) groups excluding carboxylic acids is 1. The first-order valence-corrected chi connectivity index (χ1v) is 10.1. The number of nitrogens with one attached hydrogen (secondary N) is 1. The average Bonchev–Trinajstić information content (AvgIpc) is 2.72. The maximum absolute atomic E-state index is 12.7. The smallest absolute Gasteiger partial charge is 0.255 e. The molecule has 0 unspecified atom stereocenters. The maximum atomic E-state index is 12.7. The van der Waals surface area contributed by atoms with Crippen molar-refractivity contribution in [3.63, 3.8) is 0 Å². The van der Waals surface area contributed by atoms with E-state index in [1.165, 1.54) is 5.56 Å². The highest BCUT2D eigenvalue weighted by Crippen LogP contribution is 2.27. The zero-order valence-corrected chi connectivity index (χ0v) is 18.7. The molecule has 0 aliphatic heterocycles. The van der Waals surface area contributed by atoms with Crippen molar-refractivity contribution in [2.24, 2.45) is 0 Å². The molecule has 30 heavy (non-hydrogen) atoms. The predicted molar refractivity (Wildman–Crippen MR) is 122 cm³/mol. The Morgan fingerprint density at radius 2 is 1.70 bits per heavy atom. The first-order valence-electron chi connectivity index (χ1n) is 9.73. The molecule has 3 aromatic rings. The summed E-state index contributed by atoms with van der Waals surface area (Å²) in [5.41, 5.74) is 6.35. The molecular formula is C25H26ClNO3. The third kappa shape index (κ3) is 4.95. The van der Waals surface area contributed by atoms with Crippen LogP contribution in [0.5, 0.6) is 11.5 Å². The first kappa shape index (κ1) is 21.7. The Labute approximate surface area is 182 Å². The predicted octanol–water partition coefficient (Wildman–Crippen LogP) is 6.41. The average molecular weight is 424 g/mol. The van der Waals surface area contributed by atoms with Gasteiger partial charge in [-0.15, -0.1) is 0 Å². The van der Waals surface area contributed by atoms with Gasteiger partial charge in [0.25, 0.3) is 5.91 Å². The Bertz CT molecular complexity index is 1090. The molecule has 0 aliphatic rings. The maximum Gasteiger partial charge on any atom is 0.255 e. The second-order valence-corrected chi connectivity index (χ2v) is 7.85. The highest BCUT2D eigenvalue weighted by molar-refractivity contribution is 6.31. The van der Waals surface area contributed by atoms with E-state index in [1.54, 1.807) is 31.4 Å². The molecule has 0 spiro atoms. The van der Waals surface area contributed by atoms with Gasteiger partial charge in [0.15, 0.2) is 0 Å². The lowest BCUT2D eigenvalue weighted by atomic mass is 10.1. The molecule has 0 aliphatic carbocycles. The first-order chi connectivity index (χ1) is 14.3. The van der Waals surface area contributed by atoms with Crippen LogP contribution in [0.25, 0.3) is 0 Å². The highest BCUT2D eigenvalue weighted by atomic mass is 35.5. The van der Waals surface area contributed by atoms with Crippen molar-refractivity contribution in [3.8, 4) is 11.5 Å². The molecule has 0 atom stereocenters. The van der Waals surface area contributed by atoms with E-state index in [-0.39, 0.29) is 5.91 Å². The monoisotopic (exact) mass is 423 g/mol. The SMILES string of the molecule is COc1ccc(C(=O)Nc2ccc(C)c(Cl)c2)cc1COc1cc(C)cc(C)c1C. The molecule has 0 fully saturated rings. The summed E-state index contributed by atoms with van der Waals surface area (Å²) in [6.45, 7) is 8.36. The van der Waals surface area contributed by atoms with Crippen molar-refractivity contribution in [1.29, 1.82) is 0 Å². The number of rotatable bonds is 6. The third-order valence-electron chi connectivity index (χ3n) is 5.12. The fraction of sp³-hybridized carbons (Fsp3) is 0.240. The molecule has 0 saturated carbocycles. The molecular weight excluding hydrogens is 398 g/mol. The van der Waals surface area contributed by atoms with Crippen LogP contribution in [0.3, 0.4) is 0 Å². The van der Waals surface area contributed by atoms with Crippen LogP contribution in [-0.2, 0) is 6.61 Å². The summed E-state index contributed by atoms with van der Waals surface area (Å²) in [6, 6.07) is 14.9. The lowest BCUT2D eigenvalue weighted by Crippen LogP contribution is -2.13. The van der Waals surface area contributed by atoms with Crippen molar-refractivity contribution < 1.29 is 14.3 Å². The van der Waals surface area contributed by atoms with E-state index >= 15 is 0 Å². The Balaban J connectivity index is 1.81. The number of hydrogen-bond donors (Lipinski definition) is 1. The van der Waals surface area contributed by atoms with Gasteiger partial charge in [-0.05, 0) is 86.3 Å². The normalized spacial score (nSPS) is 10.6. The topological polar surface area (TPSA) is 47.6 Å². The van der Waals surface area contributed by atoms with Gasteiger partial charge in [-0.3, -0.25) is 4.79 Å². The quantitative estimate of drug-likeness (QED) is 0.498. The van der Waals surface area contributed by atoms with E-state index < -0.39 is 0 Å². The van der Waals surface area contributed by atoms with Gasteiger partial charge >= 0.3 is 0 Å². The van der Waals surface area contributed by atoms with Crippen LogP contribution in [0.4, 0.5) is 5.69 Å². The van der Waals surface area contributed by atoms with Gasteiger partial charge in [0.2, 0.25) is 0 Å². The molecule has 4 nitrogen and oxygen atoms in total. The number of benzene rings is 3. The van der Waals surface area contributed by atoms with Crippen LogP contribution in [-0.4, -0.2) is 13.0 Å². The van der Waals surface area contributed by atoms with Gasteiger partial charge in [0.1, 0.15) is 18.1 Å². The van der Waals surface area contributed by atoms with Crippen molar-refractivity contribution in [1.82, 2.24) is 0 Å². The van der Waals surface area contributed by atoms with Crippen molar-refractivity contribution in [2.45, 2.75) is 34.3 Å². The fourth-order valence-corrected chi connectivity index (χ4v) is 3.39. The van der Waals surface area contributed by atoms with Gasteiger partial charge < -0.3 is 14.8 Å². The number of ether oxygens (including phenoxy) is 2. The zero-order chi connectivity index (χ0) is 21.8. The van der Waals surface area contributed by atoms with Crippen molar-refractivity contribution in [2.75, 3.05) is 12.4 Å². The van der Waals surface area contributed by atoms with Crippen molar-refractivity contribution >= 4 is 23.2 Å². The zero-order valence-electron chi connectivity index (χ0n) is 17.9. The van der Waals surface area contributed by atoms with Crippen LogP contribution < -0.4 is 14.8 Å². The molecule has 156 valence electrons. The van der Waals surface area contributed by atoms with Gasteiger partial charge in [-0.1, -0.05) is 23.7 Å². The van der Waals surface area contributed by atoms with E-state index in [9.17, 15) is 4.79 Å². The minimum Gasteiger partial charge on any atom is -0.496 e. The summed E-state index contributed by atoms with van der Waals surface area (Å²) in [7, 11) is 1.61. The molecule has 0 saturated heterocycles. The molecule has 0 radical (unpaired) electrons. The van der Waals surface area contributed by atoms with Gasteiger partial charge in [0, 0.05) is 21.8 Å². The third-order valence-corrected chi connectivity index (χ3v) is 5.53. The molecule has 0 aromatic heterocycles. The van der Waals surface area contributed by atoms with Crippen LogP contribution in [0, 0.1) is 27.7 Å². The van der Waals surface area contributed by atoms with E-state index in [1.807, 2.05) is 39.0 Å². The lowest BCUT2D eigenvalue weighted by molar-refractivity contribution is 0.102. The standard InChI is InChI=1S/C25H26ClNO3/c1-15-10-17(3)18(4)24(11-15)30-14-20-12-19(7-9-23(20)29-5)25(28)27-21-8-6-16(2)22(26)13-21/h6-13H,14H2,1-5H3,(H,27,28). The van der Waals surface area contributed by atoms with Crippen LogP contribution >= 0.6 is 11.6 Å². The minimum absolute atomic E-state index is 0.221. The van der Waals surface area contributed by atoms with Crippen LogP contribution in [0.1, 0.15) is 38.2 Å². The number of hydrogen-bond acceptors (Lipinski definition) is 3. The van der Waals surface area contributed by atoms with Gasteiger partial charge in [0.05, 0.1) is 7.11 Å². The molecule has 0 bridgehead atoms. The molecule has 3 rings (SSSR count). The second kappa shape index (κ2) is 9.23. The summed E-state index contributed by atoms with van der Waals surface area (Å²) in [5.74, 6) is 1.28. The molecule has 1 amide bonds. The number of halogens is 1. The molecule has 3 aromatic carbocycles. The van der Waals surface area contributed by atoms with Crippen LogP contribution in [0.15, 0.2) is 48.5 Å². The van der Waals surface area contributed by atoms with E-state index in [2.05, 4.69) is 18.3 Å². The number of amides is 1. The Morgan fingerprint density at radius 1 is 0.933 bits per heavy atom. The summed E-state index contributed by atoms with van der Waals surface area (Å²) < 4.78 is 11.5. The summed E-state index contributed by atoms with van der Waals surface area (Å²) >= 11 is 6.16. The highest BCUT2D eigenvalue weighted by Gasteiger charge is 2.13. The van der Waals surface area contributed by atoms with E-state index in [4.69, 9.17) is 21.1 Å². The second-order valence-electron chi connectivity index (χ2n) is 7.44. The van der Waals surface area contributed by atoms with Crippen LogP contribution in [0.2, 0.25) is 5.02 Å². The van der Waals surface area contributed by atoms with Gasteiger partial charge in [-0.25, -0.2) is 0 Å². The summed E-state index contributed by atoms with van der Waals surface area (Å²) in [6.07, 6.45) is 0. The Kier molecular flexibility index (Phi) is 6.68. The number of aryl methyl sites for hydroxylation is 3. The number of anilines is 1. The molecule has 0 heterocycles. The largest absolute Gasteiger partial charge is 0.496 e. The van der Waals surface area contributed by atoms with Crippen molar-refractivity contribution in [3.05, 3.63) is 86.9 Å².